The third-order valence-corrected chi connectivity index (χ3v) is 1.88. The summed E-state index contributed by atoms with van der Waals surface area (Å²) >= 11 is 0. The van der Waals surface area contributed by atoms with Crippen molar-refractivity contribution in [2.75, 3.05) is 20.3 Å². The number of hydrogen-bond acceptors (Lipinski definition) is 5. The summed E-state index contributed by atoms with van der Waals surface area (Å²) in [6, 6.07) is 0. The Morgan fingerprint density at radius 1 is 1.64 bits per heavy atom. The van der Waals surface area contributed by atoms with Crippen LogP contribution in [-0.4, -0.2) is 53.6 Å². The van der Waals surface area contributed by atoms with E-state index in [1.54, 1.807) is 0 Å². The topological polar surface area (TPSA) is 79.2 Å². The maximum Gasteiger partial charge on any atom is 0.220 e. The molecule has 3 atom stereocenters. The number of rotatable bonds is 2. The first kappa shape index (κ1) is 8.89. The molecule has 0 aliphatic carbocycles. The van der Waals surface area contributed by atoms with E-state index in [9.17, 15) is 5.11 Å². The first-order chi connectivity index (χ1) is 5.16. The minimum Gasteiger partial charge on any atom is -0.391 e. The maximum absolute atomic E-state index is 9.25. The Balaban J connectivity index is 2.69. The molecule has 5 heteroatoms. The molecule has 11 heavy (non-hydrogen) atoms. The summed E-state index contributed by atoms with van der Waals surface area (Å²) in [5.74, 6) is -1.43. The van der Waals surface area contributed by atoms with Crippen molar-refractivity contribution < 1.29 is 24.8 Å². The summed E-state index contributed by atoms with van der Waals surface area (Å²) in [5.41, 5.74) is 0. The molecule has 1 heterocycles. The summed E-state index contributed by atoms with van der Waals surface area (Å²) in [7, 11) is 1.30. The Morgan fingerprint density at radius 3 is 2.45 bits per heavy atom. The summed E-state index contributed by atoms with van der Waals surface area (Å²) < 4.78 is 9.64. The van der Waals surface area contributed by atoms with E-state index in [1.165, 1.54) is 7.11 Å². The Hall–Kier alpha value is -0.200. The Labute approximate surface area is 64.2 Å². The smallest absolute Gasteiger partial charge is 0.220 e. The molecule has 1 saturated heterocycles. The van der Waals surface area contributed by atoms with Crippen molar-refractivity contribution in [1.82, 2.24) is 0 Å². The molecule has 0 amide bonds. The lowest BCUT2D eigenvalue weighted by Crippen LogP contribution is -2.47. The molecule has 1 fully saturated rings. The molecule has 0 radical (unpaired) electrons. The van der Waals surface area contributed by atoms with Gasteiger partial charge in [-0.3, -0.25) is 0 Å². The zero-order valence-corrected chi connectivity index (χ0v) is 6.23. The highest BCUT2D eigenvalue weighted by atomic mass is 16.7. The second-order valence-corrected chi connectivity index (χ2v) is 2.50. The lowest BCUT2D eigenvalue weighted by Gasteiger charge is -2.27. The molecule has 0 unspecified atom stereocenters. The van der Waals surface area contributed by atoms with Crippen LogP contribution >= 0.6 is 0 Å². The van der Waals surface area contributed by atoms with E-state index in [0.717, 1.165) is 0 Å². The number of methoxy groups -OCH3 is 1. The molecular weight excluding hydrogens is 152 g/mol. The van der Waals surface area contributed by atoms with Crippen molar-refractivity contribution >= 4 is 0 Å². The molecule has 0 saturated carbocycles. The first-order valence-electron chi connectivity index (χ1n) is 3.32. The van der Waals surface area contributed by atoms with Gasteiger partial charge in [0.1, 0.15) is 18.8 Å². The highest BCUT2D eigenvalue weighted by Crippen LogP contribution is 2.26. The van der Waals surface area contributed by atoms with E-state index in [0.29, 0.717) is 0 Å². The van der Waals surface area contributed by atoms with Gasteiger partial charge in [0, 0.05) is 7.11 Å². The summed E-state index contributed by atoms with van der Waals surface area (Å²) in [4.78, 5) is 0. The average Bonchev–Trinajstić information content (AvgIpc) is 2.32. The van der Waals surface area contributed by atoms with E-state index in [4.69, 9.17) is 19.7 Å². The minimum absolute atomic E-state index is 0.0183. The van der Waals surface area contributed by atoms with E-state index >= 15 is 0 Å². The van der Waals surface area contributed by atoms with Crippen molar-refractivity contribution in [3.63, 3.8) is 0 Å². The summed E-state index contributed by atoms with van der Waals surface area (Å²) in [6.45, 7) is -0.489. The predicted molar refractivity (Wildman–Crippen MR) is 34.8 cm³/mol. The van der Waals surface area contributed by atoms with Gasteiger partial charge in [-0.15, -0.1) is 0 Å². The molecule has 66 valence electrons. The third-order valence-electron chi connectivity index (χ3n) is 1.88. The number of aliphatic hydroxyl groups is 3. The van der Waals surface area contributed by atoms with Gasteiger partial charge in [-0.25, -0.2) is 0 Å². The molecule has 1 rings (SSSR count). The largest absolute Gasteiger partial charge is 0.391 e. The van der Waals surface area contributed by atoms with Crippen molar-refractivity contribution in [2.24, 2.45) is 0 Å². The SMILES string of the molecule is CO[C@@]1(CO)OC[C@H](O)[C@@H]1O. The van der Waals surface area contributed by atoms with Crippen LogP contribution in [-0.2, 0) is 9.47 Å². The van der Waals surface area contributed by atoms with Gasteiger partial charge in [0.25, 0.3) is 0 Å². The fraction of sp³-hybridized carbons (Fsp3) is 1.00. The Kier molecular flexibility index (Phi) is 2.46. The summed E-state index contributed by atoms with van der Waals surface area (Å²) in [6.07, 6.45) is -2.17. The molecule has 0 spiro atoms. The lowest BCUT2D eigenvalue weighted by molar-refractivity contribution is -0.251. The van der Waals surface area contributed by atoms with E-state index in [1.807, 2.05) is 0 Å². The van der Waals surface area contributed by atoms with Gasteiger partial charge in [0.15, 0.2) is 0 Å². The zero-order valence-electron chi connectivity index (χ0n) is 6.23. The van der Waals surface area contributed by atoms with Crippen LogP contribution in [0.2, 0.25) is 0 Å². The second kappa shape index (κ2) is 3.04. The van der Waals surface area contributed by atoms with Crippen LogP contribution in [0.25, 0.3) is 0 Å². The highest BCUT2D eigenvalue weighted by molar-refractivity contribution is 4.90. The zero-order chi connectivity index (χ0) is 8.48. The van der Waals surface area contributed by atoms with E-state index in [2.05, 4.69) is 0 Å². The van der Waals surface area contributed by atoms with Crippen molar-refractivity contribution in [1.29, 1.82) is 0 Å². The third kappa shape index (κ3) is 1.25. The van der Waals surface area contributed by atoms with Crippen LogP contribution in [0.1, 0.15) is 0 Å². The van der Waals surface area contributed by atoms with E-state index in [-0.39, 0.29) is 6.61 Å². The van der Waals surface area contributed by atoms with Gasteiger partial charge in [-0.05, 0) is 0 Å². The fourth-order valence-electron chi connectivity index (χ4n) is 1.08. The monoisotopic (exact) mass is 164 g/mol. The average molecular weight is 164 g/mol. The molecular formula is C6H12O5. The number of ether oxygens (including phenoxy) is 2. The van der Waals surface area contributed by atoms with Gasteiger partial charge in [-0.2, -0.15) is 0 Å². The predicted octanol–water partition coefficient (Wildman–Crippen LogP) is -1.93. The van der Waals surface area contributed by atoms with Crippen LogP contribution in [0.5, 0.6) is 0 Å². The Morgan fingerprint density at radius 2 is 2.27 bits per heavy atom. The van der Waals surface area contributed by atoms with Crippen molar-refractivity contribution in [3.05, 3.63) is 0 Å². The van der Waals surface area contributed by atoms with Crippen molar-refractivity contribution in [2.45, 2.75) is 18.0 Å². The van der Waals surface area contributed by atoms with Gasteiger partial charge in [-0.1, -0.05) is 0 Å². The molecule has 1 aliphatic heterocycles. The van der Waals surface area contributed by atoms with E-state index < -0.39 is 24.6 Å². The quantitative estimate of drug-likeness (QED) is 0.443. The molecule has 0 aromatic rings. The van der Waals surface area contributed by atoms with Gasteiger partial charge < -0.3 is 24.8 Å². The van der Waals surface area contributed by atoms with Crippen LogP contribution in [0.4, 0.5) is 0 Å². The molecule has 5 nitrogen and oxygen atoms in total. The first-order valence-corrected chi connectivity index (χ1v) is 3.32. The van der Waals surface area contributed by atoms with Crippen LogP contribution in [0, 0.1) is 0 Å². The van der Waals surface area contributed by atoms with Gasteiger partial charge in [0.2, 0.25) is 5.79 Å². The fourth-order valence-corrected chi connectivity index (χ4v) is 1.08. The Bertz CT molecular complexity index is 133. The second-order valence-electron chi connectivity index (χ2n) is 2.50. The standard InChI is InChI=1S/C6H12O5/c1-10-6(3-7)5(9)4(8)2-11-6/h4-5,7-9H,2-3H2,1H3/t4-,5-,6-/m0/s1. The lowest BCUT2D eigenvalue weighted by atomic mass is 10.1. The minimum atomic E-state index is -1.43. The normalized spacial score (nSPS) is 44.7. The molecule has 0 aromatic carbocycles. The van der Waals surface area contributed by atoms with Crippen LogP contribution in [0.3, 0.4) is 0 Å². The number of aliphatic hydroxyl groups excluding tert-OH is 3. The number of hydrogen-bond donors (Lipinski definition) is 3. The van der Waals surface area contributed by atoms with Crippen LogP contribution in [0.15, 0.2) is 0 Å². The van der Waals surface area contributed by atoms with Gasteiger partial charge >= 0.3 is 0 Å². The van der Waals surface area contributed by atoms with Crippen molar-refractivity contribution in [3.8, 4) is 0 Å². The van der Waals surface area contributed by atoms with Crippen LogP contribution < -0.4 is 0 Å². The summed E-state index contributed by atoms with van der Waals surface area (Å²) in [5, 5.41) is 27.1. The highest BCUT2D eigenvalue weighted by Gasteiger charge is 2.49. The molecule has 1 aliphatic rings. The van der Waals surface area contributed by atoms with Gasteiger partial charge in [0.05, 0.1) is 6.61 Å². The maximum atomic E-state index is 9.25. The molecule has 0 bridgehead atoms. The molecule has 0 aromatic heterocycles. The molecule has 3 N–H and O–H groups in total.